The quantitative estimate of drug-likeness (QED) is 0.437. The van der Waals surface area contributed by atoms with Crippen LogP contribution in [0.25, 0.3) is 0 Å². The molecule has 4 nitrogen and oxygen atoms in total. The lowest BCUT2D eigenvalue weighted by Gasteiger charge is -2.08. The fourth-order valence-corrected chi connectivity index (χ4v) is 2.86. The number of hydrogen-bond donors (Lipinski definition) is 1. The van der Waals surface area contributed by atoms with Crippen LogP contribution in [0.15, 0.2) is 48.5 Å². The van der Waals surface area contributed by atoms with E-state index in [9.17, 15) is 9.59 Å². The molecule has 2 rings (SSSR count). The summed E-state index contributed by atoms with van der Waals surface area (Å²) in [4.78, 5) is 24.0. The molecule has 0 heterocycles. The molecule has 0 radical (unpaired) electrons. The molecule has 0 aliphatic rings. The van der Waals surface area contributed by atoms with Crippen molar-refractivity contribution in [1.82, 2.24) is 0 Å². The molecule has 2 aromatic rings. The molecule has 0 atom stereocenters. The van der Waals surface area contributed by atoms with Gasteiger partial charge in [-0.3, -0.25) is 4.79 Å². The van der Waals surface area contributed by atoms with E-state index < -0.39 is 0 Å². The van der Waals surface area contributed by atoms with Crippen molar-refractivity contribution in [2.45, 2.75) is 52.4 Å². The standard InChI is InChI=1S/C23H29NO3/c1-3-5-6-7-8-9-18-10-12-19(13-11-18)22(25)24-21-16-14-20(15-17-21)23(26)27-4-2/h10-17H,3-9H2,1-2H3,(H,24,25). The molecular weight excluding hydrogens is 338 g/mol. The summed E-state index contributed by atoms with van der Waals surface area (Å²) < 4.78 is 4.95. The van der Waals surface area contributed by atoms with Crippen molar-refractivity contribution in [3.05, 3.63) is 65.2 Å². The summed E-state index contributed by atoms with van der Waals surface area (Å²) in [6.07, 6.45) is 7.37. The number of nitrogens with one attached hydrogen (secondary N) is 1. The van der Waals surface area contributed by atoms with E-state index in [4.69, 9.17) is 4.74 Å². The smallest absolute Gasteiger partial charge is 0.338 e. The first-order valence-corrected chi connectivity index (χ1v) is 9.81. The summed E-state index contributed by atoms with van der Waals surface area (Å²) in [5, 5.41) is 2.85. The van der Waals surface area contributed by atoms with Gasteiger partial charge in [0.2, 0.25) is 0 Å². The highest BCUT2D eigenvalue weighted by molar-refractivity contribution is 6.04. The Balaban J connectivity index is 1.85. The topological polar surface area (TPSA) is 55.4 Å². The Morgan fingerprint density at radius 3 is 2.07 bits per heavy atom. The molecule has 0 bridgehead atoms. The summed E-state index contributed by atoms with van der Waals surface area (Å²) in [6, 6.07) is 14.5. The first-order valence-electron chi connectivity index (χ1n) is 9.81. The number of amides is 1. The van der Waals surface area contributed by atoms with Crippen LogP contribution in [0, 0.1) is 0 Å². The van der Waals surface area contributed by atoms with Gasteiger partial charge in [-0.1, -0.05) is 44.7 Å². The Bertz CT molecular complexity index is 720. The number of ether oxygens (including phenoxy) is 1. The van der Waals surface area contributed by atoms with Gasteiger partial charge in [-0.15, -0.1) is 0 Å². The van der Waals surface area contributed by atoms with Crippen molar-refractivity contribution in [3.8, 4) is 0 Å². The van der Waals surface area contributed by atoms with Gasteiger partial charge in [-0.05, 0) is 61.7 Å². The molecule has 1 N–H and O–H groups in total. The van der Waals surface area contributed by atoms with Gasteiger partial charge in [0.05, 0.1) is 12.2 Å². The number of benzene rings is 2. The SMILES string of the molecule is CCCCCCCc1ccc(C(=O)Nc2ccc(C(=O)OCC)cc2)cc1. The van der Waals surface area contributed by atoms with Crippen molar-refractivity contribution in [2.24, 2.45) is 0 Å². The fraction of sp³-hybridized carbons (Fsp3) is 0.391. The Kier molecular flexibility index (Phi) is 8.56. The number of esters is 1. The highest BCUT2D eigenvalue weighted by Gasteiger charge is 2.09. The van der Waals surface area contributed by atoms with Gasteiger partial charge in [0.1, 0.15) is 0 Å². The number of aryl methyl sites for hydroxylation is 1. The van der Waals surface area contributed by atoms with E-state index in [1.54, 1.807) is 31.2 Å². The minimum Gasteiger partial charge on any atom is -0.462 e. The molecule has 0 aromatic heterocycles. The molecule has 0 aliphatic carbocycles. The maximum atomic E-state index is 12.4. The molecule has 0 fully saturated rings. The van der Waals surface area contributed by atoms with Gasteiger partial charge in [-0.25, -0.2) is 4.79 Å². The second kappa shape index (κ2) is 11.2. The first-order chi connectivity index (χ1) is 13.1. The van der Waals surface area contributed by atoms with Crippen LogP contribution in [-0.4, -0.2) is 18.5 Å². The Morgan fingerprint density at radius 1 is 0.815 bits per heavy atom. The zero-order valence-electron chi connectivity index (χ0n) is 16.3. The number of carbonyl (C=O) groups is 2. The van der Waals surface area contributed by atoms with Gasteiger partial charge in [0.15, 0.2) is 0 Å². The molecule has 27 heavy (non-hydrogen) atoms. The third-order valence-corrected chi connectivity index (χ3v) is 4.44. The second-order valence-electron chi connectivity index (χ2n) is 6.61. The van der Waals surface area contributed by atoms with E-state index in [1.807, 2.05) is 24.3 Å². The van der Waals surface area contributed by atoms with Crippen LogP contribution in [-0.2, 0) is 11.2 Å². The molecule has 0 saturated heterocycles. The number of hydrogen-bond acceptors (Lipinski definition) is 3. The Morgan fingerprint density at radius 2 is 1.44 bits per heavy atom. The lowest BCUT2D eigenvalue weighted by Crippen LogP contribution is -2.12. The number of anilines is 1. The van der Waals surface area contributed by atoms with Crippen LogP contribution in [0.2, 0.25) is 0 Å². The fourth-order valence-electron chi connectivity index (χ4n) is 2.86. The summed E-state index contributed by atoms with van der Waals surface area (Å²) in [5.74, 6) is -0.519. The lowest BCUT2D eigenvalue weighted by molar-refractivity contribution is 0.0526. The monoisotopic (exact) mass is 367 g/mol. The Labute approximate surface area is 161 Å². The minimum absolute atomic E-state index is 0.159. The van der Waals surface area contributed by atoms with E-state index in [-0.39, 0.29) is 11.9 Å². The van der Waals surface area contributed by atoms with Crippen molar-refractivity contribution in [2.75, 3.05) is 11.9 Å². The summed E-state index contributed by atoms with van der Waals surface area (Å²) in [5.41, 5.74) is 3.01. The van der Waals surface area contributed by atoms with Gasteiger partial charge in [0.25, 0.3) is 5.91 Å². The summed E-state index contributed by atoms with van der Waals surface area (Å²) in [7, 11) is 0. The van der Waals surface area contributed by atoms with Crippen LogP contribution >= 0.6 is 0 Å². The average molecular weight is 367 g/mol. The van der Waals surface area contributed by atoms with Gasteiger partial charge < -0.3 is 10.1 Å². The third kappa shape index (κ3) is 6.89. The van der Waals surface area contributed by atoms with Crippen LogP contribution in [0.1, 0.15) is 72.2 Å². The molecule has 4 heteroatoms. The minimum atomic E-state index is -0.361. The maximum absolute atomic E-state index is 12.4. The predicted octanol–water partition coefficient (Wildman–Crippen LogP) is 5.63. The second-order valence-corrected chi connectivity index (χ2v) is 6.61. The zero-order valence-corrected chi connectivity index (χ0v) is 16.3. The largest absolute Gasteiger partial charge is 0.462 e. The average Bonchev–Trinajstić information content (AvgIpc) is 2.69. The number of unbranched alkanes of at least 4 members (excludes halogenated alkanes) is 4. The van der Waals surface area contributed by atoms with Crippen molar-refractivity contribution in [1.29, 1.82) is 0 Å². The highest BCUT2D eigenvalue weighted by atomic mass is 16.5. The molecule has 1 amide bonds. The maximum Gasteiger partial charge on any atom is 0.338 e. The van der Waals surface area contributed by atoms with Gasteiger partial charge >= 0.3 is 5.97 Å². The third-order valence-electron chi connectivity index (χ3n) is 4.44. The van der Waals surface area contributed by atoms with Crippen molar-refractivity contribution >= 4 is 17.6 Å². The van der Waals surface area contributed by atoms with E-state index in [0.29, 0.717) is 23.4 Å². The summed E-state index contributed by atoms with van der Waals surface area (Å²) >= 11 is 0. The van der Waals surface area contributed by atoms with Gasteiger partial charge in [-0.2, -0.15) is 0 Å². The van der Waals surface area contributed by atoms with Crippen molar-refractivity contribution < 1.29 is 14.3 Å². The van der Waals surface area contributed by atoms with Crippen LogP contribution in [0.4, 0.5) is 5.69 Å². The first kappa shape index (κ1) is 20.7. The van der Waals surface area contributed by atoms with E-state index >= 15 is 0 Å². The molecule has 0 spiro atoms. The molecule has 144 valence electrons. The lowest BCUT2D eigenvalue weighted by atomic mass is 10.0. The molecule has 2 aromatic carbocycles. The van der Waals surface area contributed by atoms with Crippen LogP contribution in [0.5, 0.6) is 0 Å². The van der Waals surface area contributed by atoms with Crippen LogP contribution < -0.4 is 5.32 Å². The van der Waals surface area contributed by atoms with Crippen molar-refractivity contribution in [3.63, 3.8) is 0 Å². The predicted molar refractivity (Wildman–Crippen MR) is 109 cm³/mol. The molecular formula is C23H29NO3. The molecule has 0 aliphatic heterocycles. The summed E-state index contributed by atoms with van der Waals surface area (Å²) in [6.45, 7) is 4.33. The normalized spacial score (nSPS) is 10.4. The van der Waals surface area contributed by atoms with E-state index in [2.05, 4.69) is 12.2 Å². The number of rotatable bonds is 10. The van der Waals surface area contributed by atoms with Crippen LogP contribution in [0.3, 0.4) is 0 Å². The van der Waals surface area contributed by atoms with E-state index in [0.717, 1.165) is 6.42 Å². The zero-order chi connectivity index (χ0) is 19.5. The number of carbonyl (C=O) groups excluding carboxylic acids is 2. The van der Waals surface area contributed by atoms with Gasteiger partial charge in [0, 0.05) is 11.3 Å². The highest BCUT2D eigenvalue weighted by Crippen LogP contribution is 2.14. The Hall–Kier alpha value is -2.62. The molecule has 0 unspecified atom stereocenters. The van der Waals surface area contributed by atoms with E-state index in [1.165, 1.54) is 37.7 Å². The molecule has 0 saturated carbocycles.